The van der Waals surface area contributed by atoms with Crippen LogP contribution in [0.2, 0.25) is 0 Å². The second-order valence-corrected chi connectivity index (χ2v) is 3.48. The van der Waals surface area contributed by atoms with Crippen molar-refractivity contribution in [3.05, 3.63) is 0 Å². The molecule has 0 saturated carbocycles. The maximum atomic E-state index is 11.4. The number of rotatable bonds is 7. The number of ketones is 1. The van der Waals surface area contributed by atoms with E-state index in [1.807, 2.05) is 0 Å². The first kappa shape index (κ1) is 12.8. The van der Waals surface area contributed by atoms with E-state index in [1.165, 1.54) is 0 Å². The smallest absolute Gasteiger partial charge is 0.133 e. The topological polar surface area (TPSA) is 17.1 Å². The minimum absolute atomic E-state index is 0.294. The second kappa shape index (κ2) is 8.39. The summed E-state index contributed by atoms with van der Waals surface area (Å²) in [6.07, 6.45) is 14.7. The minimum atomic E-state index is 0.294. The number of Topliss-reactive ketones (excluding diaryl/α,β-unsaturated/α-hetero) is 1. The zero-order valence-electron chi connectivity index (χ0n) is 8.88. The molecule has 14 heavy (non-hydrogen) atoms. The number of carbonyl (C=O) groups excluding carboxylic acids is 1. The summed E-state index contributed by atoms with van der Waals surface area (Å²) in [6, 6.07) is 0. The third-order valence-electron chi connectivity index (χ3n) is 2.28. The van der Waals surface area contributed by atoms with Gasteiger partial charge >= 0.3 is 0 Å². The molecular weight excluding hydrogens is 172 g/mol. The Morgan fingerprint density at radius 2 is 2.07 bits per heavy atom. The molecule has 0 saturated heterocycles. The predicted octanol–water partition coefficient (Wildman–Crippen LogP) is 2.80. The van der Waals surface area contributed by atoms with Crippen molar-refractivity contribution in [2.45, 2.75) is 45.4 Å². The lowest BCUT2D eigenvalue weighted by atomic mass is 9.94. The molecule has 0 aliphatic rings. The van der Waals surface area contributed by atoms with E-state index >= 15 is 0 Å². The Labute approximate surface area is 87.3 Å². The molecule has 1 nitrogen and oxygen atoms in total. The van der Waals surface area contributed by atoms with Crippen molar-refractivity contribution >= 4 is 5.78 Å². The first-order valence-electron chi connectivity index (χ1n) is 5.13. The van der Waals surface area contributed by atoms with E-state index in [4.69, 9.17) is 12.8 Å². The van der Waals surface area contributed by atoms with Gasteiger partial charge in [-0.2, -0.15) is 0 Å². The second-order valence-electron chi connectivity index (χ2n) is 3.48. The van der Waals surface area contributed by atoms with E-state index in [1.54, 1.807) is 0 Å². The van der Waals surface area contributed by atoms with E-state index < -0.39 is 0 Å². The van der Waals surface area contributed by atoms with E-state index in [0.717, 1.165) is 12.8 Å². The van der Waals surface area contributed by atoms with Crippen LogP contribution in [0.4, 0.5) is 0 Å². The summed E-state index contributed by atoms with van der Waals surface area (Å²) in [5, 5.41) is 0. The van der Waals surface area contributed by atoms with E-state index in [9.17, 15) is 4.79 Å². The monoisotopic (exact) mass is 190 g/mol. The average molecular weight is 190 g/mol. The SMILES string of the molecule is C#CCCCC(=O)CC(CC)CC#C. The molecule has 0 aromatic carbocycles. The van der Waals surface area contributed by atoms with E-state index in [2.05, 4.69) is 18.8 Å². The van der Waals surface area contributed by atoms with Gasteiger partial charge in [0, 0.05) is 25.7 Å². The normalized spacial score (nSPS) is 11.4. The van der Waals surface area contributed by atoms with Crippen LogP contribution in [0.1, 0.15) is 45.4 Å². The van der Waals surface area contributed by atoms with Crippen LogP contribution >= 0.6 is 0 Å². The molecule has 1 unspecified atom stereocenters. The molecule has 0 fully saturated rings. The van der Waals surface area contributed by atoms with Gasteiger partial charge in [-0.15, -0.1) is 24.7 Å². The Balaban J connectivity index is 3.70. The Hall–Kier alpha value is -1.21. The van der Waals surface area contributed by atoms with Gasteiger partial charge in [0.05, 0.1) is 0 Å². The molecule has 0 bridgehead atoms. The molecule has 0 rings (SSSR count). The molecule has 0 spiro atoms. The van der Waals surface area contributed by atoms with Crippen LogP contribution in [-0.2, 0) is 4.79 Å². The molecule has 0 aliphatic heterocycles. The van der Waals surface area contributed by atoms with Gasteiger partial charge in [0.2, 0.25) is 0 Å². The van der Waals surface area contributed by atoms with Crippen molar-refractivity contribution in [3.63, 3.8) is 0 Å². The van der Waals surface area contributed by atoms with Gasteiger partial charge in [0.15, 0.2) is 0 Å². The van der Waals surface area contributed by atoms with E-state index in [-0.39, 0.29) is 0 Å². The lowest BCUT2D eigenvalue weighted by molar-refractivity contribution is -0.120. The van der Waals surface area contributed by atoms with Gasteiger partial charge < -0.3 is 0 Å². The molecular formula is C13H18O. The lowest BCUT2D eigenvalue weighted by Crippen LogP contribution is -2.07. The maximum absolute atomic E-state index is 11.4. The van der Waals surface area contributed by atoms with Gasteiger partial charge in [-0.25, -0.2) is 0 Å². The summed E-state index contributed by atoms with van der Waals surface area (Å²) < 4.78 is 0. The Bertz CT molecular complexity index is 239. The van der Waals surface area contributed by atoms with Crippen molar-refractivity contribution in [2.24, 2.45) is 5.92 Å². The highest BCUT2D eigenvalue weighted by molar-refractivity contribution is 5.78. The molecule has 0 heterocycles. The van der Waals surface area contributed by atoms with Gasteiger partial charge in [0.1, 0.15) is 5.78 Å². The largest absolute Gasteiger partial charge is 0.300 e. The summed E-state index contributed by atoms with van der Waals surface area (Å²) in [6.45, 7) is 2.07. The third kappa shape index (κ3) is 6.32. The molecule has 1 heteroatoms. The van der Waals surface area contributed by atoms with Gasteiger partial charge in [0.25, 0.3) is 0 Å². The van der Waals surface area contributed by atoms with Crippen molar-refractivity contribution < 1.29 is 4.79 Å². The number of hydrogen-bond donors (Lipinski definition) is 0. The van der Waals surface area contributed by atoms with Crippen LogP contribution < -0.4 is 0 Å². The minimum Gasteiger partial charge on any atom is -0.300 e. The molecule has 76 valence electrons. The molecule has 0 aromatic rings. The molecule has 0 aromatic heterocycles. The highest BCUT2D eigenvalue weighted by Crippen LogP contribution is 2.14. The predicted molar refractivity (Wildman–Crippen MR) is 59.5 cm³/mol. The van der Waals surface area contributed by atoms with Crippen molar-refractivity contribution in [1.29, 1.82) is 0 Å². The fourth-order valence-corrected chi connectivity index (χ4v) is 1.34. The summed E-state index contributed by atoms with van der Waals surface area (Å²) in [4.78, 5) is 11.4. The fourth-order valence-electron chi connectivity index (χ4n) is 1.34. The first-order chi connectivity index (χ1) is 6.74. The number of terminal acetylenes is 2. The standard InChI is InChI=1S/C13H18O/c1-4-7-8-10-13(14)11-12(6-3)9-5-2/h1-2,12H,6-11H2,3H3. The van der Waals surface area contributed by atoms with Gasteiger partial charge in [-0.1, -0.05) is 13.3 Å². The lowest BCUT2D eigenvalue weighted by Gasteiger charge is -2.09. The Morgan fingerprint density at radius 1 is 1.36 bits per heavy atom. The molecule has 0 amide bonds. The summed E-state index contributed by atoms with van der Waals surface area (Å²) >= 11 is 0. The zero-order valence-corrected chi connectivity index (χ0v) is 8.88. The van der Waals surface area contributed by atoms with Crippen LogP contribution in [0.5, 0.6) is 0 Å². The van der Waals surface area contributed by atoms with Gasteiger partial charge in [-0.05, 0) is 12.3 Å². The van der Waals surface area contributed by atoms with Crippen LogP contribution in [0, 0.1) is 30.6 Å². The Kier molecular flexibility index (Phi) is 7.67. The van der Waals surface area contributed by atoms with Crippen LogP contribution in [0.15, 0.2) is 0 Å². The fraction of sp³-hybridized carbons (Fsp3) is 0.615. The summed E-state index contributed by atoms with van der Waals surface area (Å²) in [5.74, 6) is 5.79. The molecule has 0 aliphatic carbocycles. The van der Waals surface area contributed by atoms with Gasteiger partial charge in [-0.3, -0.25) is 4.79 Å². The average Bonchev–Trinajstić information content (AvgIpc) is 2.17. The molecule has 0 N–H and O–H groups in total. The summed E-state index contributed by atoms with van der Waals surface area (Å²) in [5.41, 5.74) is 0. The van der Waals surface area contributed by atoms with Crippen molar-refractivity contribution in [2.75, 3.05) is 0 Å². The zero-order chi connectivity index (χ0) is 10.8. The number of carbonyl (C=O) groups is 1. The first-order valence-corrected chi connectivity index (χ1v) is 5.13. The van der Waals surface area contributed by atoms with Crippen molar-refractivity contribution in [3.8, 4) is 24.7 Å². The van der Waals surface area contributed by atoms with E-state index in [0.29, 0.717) is 37.4 Å². The third-order valence-corrected chi connectivity index (χ3v) is 2.28. The number of hydrogen-bond acceptors (Lipinski definition) is 1. The number of unbranched alkanes of at least 4 members (excludes halogenated alkanes) is 1. The highest BCUT2D eigenvalue weighted by atomic mass is 16.1. The summed E-state index contributed by atoms with van der Waals surface area (Å²) in [7, 11) is 0. The Morgan fingerprint density at radius 3 is 2.57 bits per heavy atom. The highest BCUT2D eigenvalue weighted by Gasteiger charge is 2.10. The molecule has 1 atom stereocenters. The van der Waals surface area contributed by atoms with Crippen molar-refractivity contribution in [1.82, 2.24) is 0 Å². The quantitative estimate of drug-likeness (QED) is 0.445. The maximum Gasteiger partial charge on any atom is 0.133 e. The van der Waals surface area contributed by atoms with Crippen LogP contribution in [0.3, 0.4) is 0 Å². The van der Waals surface area contributed by atoms with Crippen LogP contribution in [-0.4, -0.2) is 5.78 Å². The van der Waals surface area contributed by atoms with Crippen LogP contribution in [0.25, 0.3) is 0 Å². The molecule has 0 radical (unpaired) electrons.